The zero-order valence-corrected chi connectivity index (χ0v) is 22.9. The number of amides is 2. The van der Waals surface area contributed by atoms with Crippen LogP contribution >= 0.6 is 0 Å². The van der Waals surface area contributed by atoms with Crippen LogP contribution in [0.2, 0.25) is 0 Å². The molecule has 0 aliphatic heterocycles. The molecule has 206 valence electrons. The number of anilines is 4. The van der Waals surface area contributed by atoms with Crippen LogP contribution in [-0.4, -0.2) is 46.2 Å². The molecule has 2 N–H and O–H groups in total. The van der Waals surface area contributed by atoms with E-state index in [2.05, 4.69) is 25.6 Å². The number of pyridine rings is 1. The lowest BCUT2D eigenvalue weighted by molar-refractivity contribution is -0.106. The van der Waals surface area contributed by atoms with E-state index in [1.165, 1.54) is 4.90 Å². The highest BCUT2D eigenvalue weighted by molar-refractivity contribution is 5.88. The molecular weight excluding hydrogens is 508 g/mol. The van der Waals surface area contributed by atoms with Crippen molar-refractivity contribution in [1.82, 2.24) is 20.3 Å². The van der Waals surface area contributed by atoms with Gasteiger partial charge in [0.1, 0.15) is 18.0 Å². The molecule has 4 rings (SSSR count). The lowest BCUT2D eigenvalue weighted by Crippen LogP contribution is -2.34. The molecule has 0 atom stereocenters. The molecule has 10 heteroatoms. The summed E-state index contributed by atoms with van der Waals surface area (Å²) in [5.74, 6) is 1.04. The molecule has 10 nitrogen and oxygen atoms in total. The molecule has 2 aromatic heterocycles. The lowest BCUT2D eigenvalue weighted by atomic mass is 10.1. The van der Waals surface area contributed by atoms with Gasteiger partial charge in [0.2, 0.25) is 12.4 Å². The summed E-state index contributed by atoms with van der Waals surface area (Å²) < 4.78 is 10.9. The number of rotatable bonds is 10. The SMILES string of the molecule is Cc1ccc(N(C=O)c2ccc(OCCNC(=O)OC(C)(C)C)cc2)cc1Nc1nccc(-c2cccnc2)n1. The molecule has 2 heterocycles. The average molecular weight is 541 g/mol. The normalized spacial score (nSPS) is 10.9. The fourth-order valence-electron chi connectivity index (χ4n) is 3.72. The fourth-order valence-corrected chi connectivity index (χ4v) is 3.72. The first-order chi connectivity index (χ1) is 19.2. The summed E-state index contributed by atoms with van der Waals surface area (Å²) in [6.07, 6.45) is 5.41. The number of carbonyl (C=O) groups is 2. The van der Waals surface area contributed by atoms with Gasteiger partial charge in [-0.15, -0.1) is 0 Å². The number of ether oxygens (including phenoxy) is 2. The fraction of sp³-hybridized carbons (Fsp3) is 0.233. The molecule has 0 bridgehead atoms. The summed E-state index contributed by atoms with van der Waals surface area (Å²) in [5.41, 5.74) is 4.15. The van der Waals surface area contributed by atoms with Crippen LogP contribution in [0.1, 0.15) is 26.3 Å². The summed E-state index contributed by atoms with van der Waals surface area (Å²) in [5, 5.41) is 5.92. The summed E-state index contributed by atoms with van der Waals surface area (Å²) >= 11 is 0. The van der Waals surface area contributed by atoms with E-state index in [0.717, 1.165) is 28.9 Å². The van der Waals surface area contributed by atoms with Crippen molar-refractivity contribution >= 4 is 35.5 Å². The Morgan fingerprint density at radius 1 is 1.02 bits per heavy atom. The maximum Gasteiger partial charge on any atom is 0.407 e. The van der Waals surface area contributed by atoms with Crippen molar-refractivity contribution in [3.05, 3.63) is 84.8 Å². The Balaban J connectivity index is 1.41. The number of hydrogen-bond acceptors (Lipinski definition) is 8. The van der Waals surface area contributed by atoms with Gasteiger partial charge < -0.3 is 20.1 Å². The van der Waals surface area contributed by atoms with Gasteiger partial charge in [-0.05, 0) is 87.9 Å². The molecule has 0 spiro atoms. The first-order valence-corrected chi connectivity index (χ1v) is 12.8. The lowest BCUT2D eigenvalue weighted by Gasteiger charge is -2.20. The van der Waals surface area contributed by atoms with Gasteiger partial charge in [-0.3, -0.25) is 14.7 Å². The van der Waals surface area contributed by atoms with Crippen LogP contribution in [0.5, 0.6) is 5.75 Å². The van der Waals surface area contributed by atoms with Gasteiger partial charge >= 0.3 is 6.09 Å². The zero-order chi connectivity index (χ0) is 28.5. The topological polar surface area (TPSA) is 119 Å². The maximum atomic E-state index is 12.1. The van der Waals surface area contributed by atoms with Gasteiger partial charge in [0.15, 0.2) is 0 Å². The molecule has 0 aliphatic carbocycles. The predicted octanol–water partition coefficient (Wildman–Crippen LogP) is 5.79. The van der Waals surface area contributed by atoms with Gasteiger partial charge in [0, 0.05) is 35.5 Å². The first kappa shape index (κ1) is 28.0. The standard InChI is InChI=1S/C30H32N6O4/c1-21-7-8-24(18-27(21)35-28-32-15-13-26(34-28)22-6-5-14-31-19-22)36(20-37)23-9-11-25(12-10-23)39-17-16-33-29(38)40-30(2,3)4/h5-15,18-20H,16-17H2,1-4H3,(H,33,38)(H,32,34,35). The second-order valence-corrected chi connectivity index (χ2v) is 9.88. The van der Waals surface area contributed by atoms with E-state index in [1.54, 1.807) is 63.6 Å². The highest BCUT2D eigenvalue weighted by Gasteiger charge is 2.16. The van der Waals surface area contributed by atoms with Crippen molar-refractivity contribution in [3.63, 3.8) is 0 Å². The molecule has 0 unspecified atom stereocenters. The van der Waals surface area contributed by atoms with Crippen LogP contribution in [0.25, 0.3) is 11.3 Å². The number of hydrogen-bond donors (Lipinski definition) is 2. The molecule has 0 saturated heterocycles. The Morgan fingerprint density at radius 3 is 2.50 bits per heavy atom. The second-order valence-electron chi connectivity index (χ2n) is 9.88. The zero-order valence-electron chi connectivity index (χ0n) is 22.9. The Kier molecular flexibility index (Phi) is 8.90. The molecule has 2 amide bonds. The first-order valence-electron chi connectivity index (χ1n) is 12.8. The molecule has 40 heavy (non-hydrogen) atoms. The van der Waals surface area contributed by atoms with Gasteiger partial charge in [-0.1, -0.05) is 6.07 Å². The van der Waals surface area contributed by atoms with E-state index in [0.29, 0.717) is 29.6 Å². The number of aryl methyl sites for hydroxylation is 1. The minimum Gasteiger partial charge on any atom is -0.492 e. The molecule has 0 saturated carbocycles. The number of benzene rings is 2. The van der Waals surface area contributed by atoms with Crippen molar-refractivity contribution in [2.45, 2.75) is 33.3 Å². The van der Waals surface area contributed by atoms with E-state index in [4.69, 9.17) is 9.47 Å². The third-order valence-corrected chi connectivity index (χ3v) is 5.62. The van der Waals surface area contributed by atoms with E-state index < -0.39 is 11.7 Å². The largest absolute Gasteiger partial charge is 0.492 e. The van der Waals surface area contributed by atoms with Crippen LogP contribution in [0.3, 0.4) is 0 Å². The van der Waals surface area contributed by atoms with E-state index in [1.807, 2.05) is 43.3 Å². The van der Waals surface area contributed by atoms with Crippen LogP contribution in [0, 0.1) is 6.92 Å². The highest BCUT2D eigenvalue weighted by Crippen LogP contribution is 2.30. The minimum absolute atomic E-state index is 0.271. The van der Waals surface area contributed by atoms with Crippen LogP contribution in [0.4, 0.5) is 27.8 Å². The van der Waals surface area contributed by atoms with Crippen molar-refractivity contribution in [2.24, 2.45) is 0 Å². The monoisotopic (exact) mass is 540 g/mol. The van der Waals surface area contributed by atoms with Crippen LogP contribution in [0.15, 0.2) is 79.3 Å². The molecular formula is C30H32N6O4. The van der Waals surface area contributed by atoms with Crippen molar-refractivity contribution < 1.29 is 19.1 Å². The second kappa shape index (κ2) is 12.7. The average Bonchev–Trinajstić information content (AvgIpc) is 2.94. The van der Waals surface area contributed by atoms with Gasteiger partial charge in [0.25, 0.3) is 0 Å². The molecule has 4 aromatic rings. The maximum absolute atomic E-state index is 12.1. The smallest absolute Gasteiger partial charge is 0.407 e. The highest BCUT2D eigenvalue weighted by atomic mass is 16.6. The number of alkyl carbamates (subject to hydrolysis) is 1. The summed E-state index contributed by atoms with van der Waals surface area (Å²) in [6, 6.07) is 18.4. The Hall–Kier alpha value is -4.99. The van der Waals surface area contributed by atoms with Gasteiger partial charge in [-0.25, -0.2) is 14.8 Å². The summed E-state index contributed by atoms with van der Waals surface area (Å²) in [6.45, 7) is 7.94. The molecule has 0 radical (unpaired) electrons. The van der Waals surface area contributed by atoms with E-state index in [-0.39, 0.29) is 6.61 Å². The number of nitrogens with zero attached hydrogens (tertiary/aromatic N) is 4. The number of aromatic nitrogens is 3. The number of carbonyl (C=O) groups excluding carboxylic acids is 2. The quantitative estimate of drug-likeness (QED) is 0.192. The molecule has 0 aliphatic rings. The van der Waals surface area contributed by atoms with Gasteiger partial charge in [0.05, 0.1) is 17.9 Å². The van der Waals surface area contributed by atoms with Crippen molar-refractivity contribution in [2.75, 3.05) is 23.4 Å². The summed E-state index contributed by atoms with van der Waals surface area (Å²) in [4.78, 5) is 38.5. The van der Waals surface area contributed by atoms with Crippen LogP contribution < -0.4 is 20.3 Å². The predicted molar refractivity (Wildman–Crippen MR) is 154 cm³/mol. The third-order valence-electron chi connectivity index (χ3n) is 5.62. The van der Waals surface area contributed by atoms with Crippen molar-refractivity contribution in [3.8, 4) is 17.0 Å². The van der Waals surface area contributed by atoms with Gasteiger partial charge in [-0.2, -0.15) is 0 Å². The minimum atomic E-state index is -0.557. The number of nitrogens with one attached hydrogen (secondary N) is 2. The van der Waals surface area contributed by atoms with E-state index >= 15 is 0 Å². The van der Waals surface area contributed by atoms with E-state index in [9.17, 15) is 9.59 Å². The Labute approximate surface area is 233 Å². The molecule has 0 fully saturated rings. The third kappa shape index (κ3) is 7.76. The summed E-state index contributed by atoms with van der Waals surface area (Å²) in [7, 11) is 0. The van der Waals surface area contributed by atoms with Crippen LogP contribution in [-0.2, 0) is 9.53 Å². The van der Waals surface area contributed by atoms with Crippen molar-refractivity contribution in [1.29, 1.82) is 0 Å². The Morgan fingerprint density at radius 2 is 1.80 bits per heavy atom. The molecule has 2 aromatic carbocycles. The Bertz CT molecular complexity index is 1440.